The average molecular weight is 295 g/mol. The van der Waals surface area contributed by atoms with E-state index < -0.39 is 21.7 Å². The van der Waals surface area contributed by atoms with Gasteiger partial charge >= 0.3 is 5.97 Å². The predicted molar refractivity (Wildman–Crippen MR) is 73.8 cm³/mol. The number of hydrogen-bond donors (Lipinski definition) is 0. The van der Waals surface area contributed by atoms with Crippen molar-refractivity contribution in [1.29, 1.82) is 5.26 Å². The third kappa shape index (κ3) is 3.58. The van der Waals surface area contributed by atoms with Crippen LogP contribution in [0, 0.1) is 11.3 Å². The van der Waals surface area contributed by atoms with E-state index in [-0.39, 0.29) is 22.8 Å². The van der Waals surface area contributed by atoms with E-state index in [1.54, 1.807) is 26.0 Å². The van der Waals surface area contributed by atoms with Crippen LogP contribution in [0.5, 0.6) is 0 Å². The lowest BCUT2D eigenvalue weighted by atomic mass is 10.0. The monoisotopic (exact) mass is 295 g/mol. The molecule has 1 aromatic carbocycles. The highest BCUT2D eigenvalue weighted by atomic mass is 32.2. The average Bonchev–Trinajstić information content (AvgIpc) is 2.40. The van der Waals surface area contributed by atoms with Crippen LogP contribution in [0.25, 0.3) is 0 Å². The molecule has 1 aromatic rings. The normalized spacial score (nSPS) is 12.4. The minimum absolute atomic E-state index is 0.0228. The molecule has 0 amide bonds. The van der Waals surface area contributed by atoms with E-state index in [0.717, 1.165) is 0 Å². The Morgan fingerprint density at radius 3 is 2.55 bits per heavy atom. The summed E-state index contributed by atoms with van der Waals surface area (Å²) < 4.78 is 29.2. The first kappa shape index (κ1) is 16.2. The molecule has 0 aromatic heterocycles. The van der Waals surface area contributed by atoms with Crippen molar-refractivity contribution >= 4 is 15.8 Å². The Morgan fingerprint density at radius 2 is 2.00 bits per heavy atom. The van der Waals surface area contributed by atoms with Crippen LogP contribution in [-0.2, 0) is 19.4 Å². The zero-order valence-electron chi connectivity index (χ0n) is 11.5. The van der Waals surface area contributed by atoms with Crippen LogP contribution in [0.4, 0.5) is 0 Å². The molecule has 1 unspecified atom stereocenters. The van der Waals surface area contributed by atoms with Gasteiger partial charge in [0.15, 0.2) is 15.8 Å². The molecule has 0 aliphatic heterocycles. The van der Waals surface area contributed by atoms with Crippen LogP contribution in [0.3, 0.4) is 0 Å². The lowest BCUT2D eigenvalue weighted by Gasteiger charge is -2.13. The molecule has 0 saturated heterocycles. The van der Waals surface area contributed by atoms with Crippen molar-refractivity contribution < 1.29 is 17.9 Å². The molecule has 1 rings (SSSR count). The van der Waals surface area contributed by atoms with Gasteiger partial charge in [-0.3, -0.25) is 4.79 Å². The number of esters is 1. The minimum atomic E-state index is -3.50. The van der Waals surface area contributed by atoms with Crippen LogP contribution < -0.4 is 0 Å². The van der Waals surface area contributed by atoms with Gasteiger partial charge in [0.1, 0.15) is 0 Å². The Bertz CT molecular complexity index is 616. The predicted octanol–water partition coefficient (Wildman–Crippen LogP) is 2.04. The Morgan fingerprint density at radius 1 is 1.35 bits per heavy atom. The molecular formula is C14H17NO4S. The first-order chi connectivity index (χ1) is 9.47. The van der Waals surface area contributed by atoms with E-state index in [2.05, 4.69) is 0 Å². The number of hydrogen-bond acceptors (Lipinski definition) is 5. The number of carbonyl (C=O) groups is 1. The fraction of sp³-hybridized carbons (Fsp3) is 0.429. The van der Waals surface area contributed by atoms with E-state index in [1.807, 2.05) is 6.07 Å². The lowest BCUT2D eigenvalue weighted by Crippen LogP contribution is -2.18. The molecule has 108 valence electrons. The Kier molecular flexibility index (Phi) is 5.71. The molecule has 0 aliphatic rings. The summed E-state index contributed by atoms with van der Waals surface area (Å²) >= 11 is 0. The molecule has 6 heteroatoms. The summed E-state index contributed by atoms with van der Waals surface area (Å²) in [6.45, 7) is 3.53. The molecule has 20 heavy (non-hydrogen) atoms. The highest BCUT2D eigenvalue weighted by Crippen LogP contribution is 2.26. The van der Waals surface area contributed by atoms with Crippen LogP contribution >= 0.6 is 0 Å². The van der Waals surface area contributed by atoms with Crippen LogP contribution in [0.2, 0.25) is 0 Å². The summed E-state index contributed by atoms with van der Waals surface area (Å²) in [6.07, 6.45) is 0.466. The van der Waals surface area contributed by atoms with Crippen LogP contribution in [-0.4, -0.2) is 26.7 Å². The van der Waals surface area contributed by atoms with Crippen molar-refractivity contribution in [1.82, 2.24) is 0 Å². The van der Waals surface area contributed by atoms with Crippen molar-refractivity contribution in [2.24, 2.45) is 0 Å². The van der Waals surface area contributed by atoms with E-state index in [1.165, 1.54) is 12.1 Å². The summed E-state index contributed by atoms with van der Waals surface area (Å²) in [4.78, 5) is 11.8. The highest BCUT2D eigenvalue weighted by molar-refractivity contribution is 7.91. The molecular weight excluding hydrogens is 278 g/mol. The molecule has 0 fully saturated rings. The standard InChI is InChI=1S/C14H17NO4S/c1-3-9-20(17,18)13-8-6-5-7-11(13)12(10-15)14(16)19-4-2/h5-8,12H,3-4,9H2,1-2H3. The van der Waals surface area contributed by atoms with Gasteiger partial charge in [0.05, 0.1) is 23.3 Å². The van der Waals surface area contributed by atoms with E-state index in [0.29, 0.717) is 6.42 Å². The van der Waals surface area contributed by atoms with Gasteiger partial charge in [0.2, 0.25) is 0 Å². The Hall–Kier alpha value is -1.87. The first-order valence-corrected chi connectivity index (χ1v) is 8.01. The zero-order chi connectivity index (χ0) is 15.2. The fourth-order valence-corrected chi connectivity index (χ4v) is 3.44. The molecule has 0 N–H and O–H groups in total. The Balaban J connectivity index is 3.32. The van der Waals surface area contributed by atoms with Gasteiger partial charge in [0, 0.05) is 0 Å². The highest BCUT2D eigenvalue weighted by Gasteiger charge is 2.28. The van der Waals surface area contributed by atoms with Gasteiger partial charge in [-0.05, 0) is 25.0 Å². The smallest absolute Gasteiger partial charge is 0.327 e. The third-order valence-electron chi connectivity index (χ3n) is 2.69. The van der Waals surface area contributed by atoms with Crippen molar-refractivity contribution in [3.05, 3.63) is 29.8 Å². The summed E-state index contributed by atoms with van der Waals surface area (Å²) in [6, 6.07) is 7.89. The van der Waals surface area contributed by atoms with Crippen molar-refractivity contribution in [2.45, 2.75) is 31.1 Å². The second kappa shape index (κ2) is 7.06. The van der Waals surface area contributed by atoms with Gasteiger partial charge < -0.3 is 4.74 Å². The number of rotatable bonds is 6. The molecule has 5 nitrogen and oxygen atoms in total. The Labute approximate surface area is 119 Å². The van der Waals surface area contributed by atoms with Gasteiger partial charge in [-0.15, -0.1) is 0 Å². The quantitative estimate of drug-likeness (QED) is 0.750. The van der Waals surface area contributed by atoms with Gasteiger partial charge in [0.25, 0.3) is 0 Å². The number of benzene rings is 1. The minimum Gasteiger partial charge on any atom is -0.465 e. The molecule has 0 aliphatic carbocycles. The van der Waals surface area contributed by atoms with Crippen molar-refractivity contribution in [3.63, 3.8) is 0 Å². The van der Waals surface area contributed by atoms with Crippen LogP contribution in [0.15, 0.2) is 29.2 Å². The SMILES string of the molecule is CCCS(=O)(=O)c1ccccc1C(C#N)C(=O)OCC. The fourth-order valence-electron chi connectivity index (χ4n) is 1.86. The number of nitriles is 1. The van der Waals surface area contributed by atoms with Gasteiger partial charge in [-0.1, -0.05) is 25.1 Å². The maximum absolute atomic E-state index is 12.2. The molecule has 0 spiro atoms. The number of nitrogens with zero attached hydrogens (tertiary/aromatic N) is 1. The van der Waals surface area contributed by atoms with E-state index >= 15 is 0 Å². The maximum atomic E-state index is 12.2. The number of carbonyl (C=O) groups excluding carboxylic acids is 1. The number of sulfone groups is 1. The second-order valence-electron chi connectivity index (χ2n) is 4.17. The second-order valence-corrected chi connectivity index (χ2v) is 6.25. The molecule has 0 saturated carbocycles. The lowest BCUT2D eigenvalue weighted by molar-refractivity contribution is -0.143. The topological polar surface area (TPSA) is 84.2 Å². The van der Waals surface area contributed by atoms with E-state index in [4.69, 9.17) is 10.00 Å². The van der Waals surface area contributed by atoms with Crippen molar-refractivity contribution in [2.75, 3.05) is 12.4 Å². The number of ether oxygens (including phenoxy) is 1. The maximum Gasteiger partial charge on any atom is 0.327 e. The summed E-state index contributed by atoms with van der Waals surface area (Å²) in [5.74, 6) is -1.97. The summed E-state index contributed by atoms with van der Waals surface area (Å²) in [5.41, 5.74) is 0.182. The first-order valence-electron chi connectivity index (χ1n) is 6.35. The summed E-state index contributed by atoms with van der Waals surface area (Å²) in [5, 5.41) is 9.15. The molecule has 1 atom stereocenters. The summed E-state index contributed by atoms with van der Waals surface area (Å²) in [7, 11) is -3.50. The molecule has 0 bridgehead atoms. The van der Waals surface area contributed by atoms with Crippen LogP contribution in [0.1, 0.15) is 31.7 Å². The third-order valence-corrected chi connectivity index (χ3v) is 4.68. The zero-order valence-corrected chi connectivity index (χ0v) is 12.3. The molecule has 0 heterocycles. The van der Waals surface area contributed by atoms with E-state index in [9.17, 15) is 13.2 Å². The van der Waals surface area contributed by atoms with Crippen molar-refractivity contribution in [3.8, 4) is 6.07 Å². The largest absolute Gasteiger partial charge is 0.465 e. The van der Waals surface area contributed by atoms with Gasteiger partial charge in [-0.2, -0.15) is 5.26 Å². The van der Waals surface area contributed by atoms with Gasteiger partial charge in [-0.25, -0.2) is 8.42 Å². The molecule has 0 radical (unpaired) electrons.